The fourth-order valence-corrected chi connectivity index (χ4v) is 5.03. The standard InChI is InChI=1S/C24H30N2O4S/c1-19(27)26(17-20-6-3-2-4-7-20)13-10-24(28)25-22-9-5-8-21(16-22)18-31(29)23-11-14-30-15-12-23/h2-9,16,23H,10-15,17-18H2,1H3,(H,25,28). The van der Waals surface area contributed by atoms with Crippen LogP contribution in [0, 0.1) is 0 Å². The Morgan fingerprint density at radius 1 is 1.06 bits per heavy atom. The van der Waals surface area contributed by atoms with Gasteiger partial charge >= 0.3 is 0 Å². The smallest absolute Gasteiger partial charge is 0.226 e. The topological polar surface area (TPSA) is 75.7 Å². The van der Waals surface area contributed by atoms with Crippen molar-refractivity contribution in [3.63, 3.8) is 0 Å². The molecule has 0 aliphatic carbocycles. The Kier molecular flexibility index (Phi) is 8.79. The normalized spacial score (nSPS) is 15.3. The Labute approximate surface area is 186 Å². The van der Waals surface area contributed by atoms with Crippen LogP contribution in [0.5, 0.6) is 0 Å². The Hall–Kier alpha value is -2.51. The first kappa shape index (κ1) is 23.2. The number of hydrogen-bond acceptors (Lipinski definition) is 4. The number of carbonyl (C=O) groups is 2. The first-order valence-electron chi connectivity index (χ1n) is 10.6. The monoisotopic (exact) mass is 442 g/mol. The summed E-state index contributed by atoms with van der Waals surface area (Å²) in [7, 11) is -0.950. The minimum Gasteiger partial charge on any atom is -0.381 e. The molecule has 3 rings (SSSR count). The van der Waals surface area contributed by atoms with Gasteiger partial charge in [-0.25, -0.2) is 0 Å². The lowest BCUT2D eigenvalue weighted by Gasteiger charge is -2.21. The molecule has 1 fully saturated rings. The van der Waals surface area contributed by atoms with Crippen molar-refractivity contribution in [3.05, 3.63) is 65.7 Å². The quantitative estimate of drug-likeness (QED) is 0.645. The van der Waals surface area contributed by atoms with E-state index in [1.807, 2.05) is 54.6 Å². The van der Waals surface area contributed by atoms with Gasteiger partial charge in [-0.2, -0.15) is 0 Å². The van der Waals surface area contributed by atoms with Crippen molar-refractivity contribution in [1.29, 1.82) is 0 Å². The summed E-state index contributed by atoms with van der Waals surface area (Å²) in [5, 5.41) is 3.07. The van der Waals surface area contributed by atoms with Crippen LogP contribution in [0.15, 0.2) is 54.6 Å². The molecular formula is C24H30N2O4S. The number of benzene rings is 2. The third-order valence-electron chi connectivity index (χ3n) is 5.33. The third-order valence-corrected chi connectivity index (χ3v) is 7.16. The molecule has 2 aromatic carbocycles. The Morgan fingerprint density at radius 3 is 2.48 bits per heavy atom. The molecule has 6 nitrogen and oxygen atoms in total. The zero-order valence-electron chi connectivity index (χ0n) is 17.9. The molecule has 2 aromatic rings. The average Bonchev–Trinajstić information content (AvgIpc) is 2.78. The fraction of sp³-hybridized carbons (Fsp3) is 0.417. The van der Waals surface area contributed by atoms with Gasteiger partial charge in [0.15, 0.2) is 0 Å². The minimum absolute atomic E-state index is 0.0609. The van der Waals surface area contributed by atoms with Crippen LogP contribution < -0.4 is 5.32 Å². The number of amides is 2. The van der Waals surface area contributed by atoms with Gasteiger partial charge in [-0.05, 0) is 36.1 Å². The van der Waals surface area contributed by atoms with E-state index in [-0.39, 0.29) is 23.5 Å². The van der Waals surface area contributed by atoms with E-state index in [0.717, 1.165) is 24.0 Å². The molecule has 1 aliphatic rings. The summed E-state index contributed by atoms with van der Waals surface area (Å²) in [6, 6.07) is 17.2. The van der Waals surface area contributed by atoms with E-state index < -0.39 is 10.8 Å². The lowest BCUT2D eigenvalue weighted by Crippen LogP contribution is -2.31. The molecule has 1 heterocycles. The van der Waals surface area contributed by atoms with E-state index in [1.165, 1.54) is 6.92 Å². The highest BCUT2D eigenvalue weighted by molar-refractivity contribution is 7.84. The van der Waals surface area contributed by atoms with Gasteiger partial charge in [0, 0.05) is 67.1 Å². The van der Waals surface area contributed by atoms with Crippen LogP contribution in [-0.4, -0.2) is 45.9 Å². The third kappa shape index (κ3) is 7.60. The Bertz CT molecular complexity index is 897. The second-order valence-electron chi connectivity index (χ2n) is 7.76. The molecule has 2 amide bonds. The molecular weight excluding hydrogens is 412 g/mol. The second kappa shape index (κ2) is 11.8. The molecule has 1 atom stereocenters. The maximum Gasteiger partial charge on any atom is 0.226 e. The molecule has 0 bridgehead atoms. The molecule has 1 saturated heterocycles. The van der Waals surface area contributed by atoms with Gasteiger partial charge in [0.25, 0.3) is 0 Å². The highest BCUT2D eigenvalue weighted by atomic mass is 32.2. The predicted octanol–water partition coefficient (Wildman–Crippen LogP) is 3.49. The number of hydrogen-bond donors (Lipinski definition) is 1. The SMILES string of the molecule is CC(=O)N(CCC(=O)Nc1cccc(CS(=O)C2CCOCC2)c1)Cc1ccccc1. The van der Waals surface area contributed by atoms with Gasteiger partial charge in [-0.1, -0.05) is 42.5 Å². The summed E-state index contributed by atoms with van der Waals surface area (Å²) < 4.78 is 18.0. The summed E-state index contributed by atoms with van der Waals surface area (Å²) in [4.78, 5) is 26.1. The molecule has 166 valence electrons. The Balaban J connectivity index is 1.50. The van der Waals surface area contributed by atoms with Crippen molar-refractivity contribution in [1.82, 2.24) is 4.90 Å². The van der Waals surface area contributed by atoms with Crippen molar-refractivity contribution < 1.29 is 18.5 Å². The molecule has 0 aromatic heterocycles. The summed E-state index contributed by atoms with van der Waals surface area (Å²) in [6.07, 6.45) is 1.88. The number of rotatable bonds is 9. The van der Waals surface area contributed by atoms with Crippen LogP contribution in [0.3, 0.4) is 0 Å². The highest BCUT2D eigenvalue weighted by Crippen LogP contribution is 2.19. The summed E-state index contributed by atoms with van der Waals surface area (Å²) in [5.41, 5.74) is 2.66. The summed E-state index contributed by atoms with van der Waals surface area (Å²) in [5.74, 6) is 0.264. The molecule has 7 heteroatoms. The highest BCUT2D eigenvalue weighted by Gasteiger charge is 2.20. The number of nitrogens with one attached hydrogen (secondary N) is 1. The molecule has 1 N–H and O–H groups in total. The maximum atomic E-state index is 12.6. The van der Waals surface area contributed by atoms with Gasteiger partial charge < -0.3 is 15.0 Å². The van der Waals surface area contributed by atoms with E-state index in [0.29, 0.717) is 37.7 Å². The first-order chi connectivity index (χ1) is 15.0. The lowest BCUT2D eigenvalue weighted by atomic mass is 10.2. The predicted molar refractivity (Wildman–Crippen MR) is 123 cm³/mol. The van der Waals surface area contributed by atoms with Crippen LogP contribution in [-0.2, 0) is 37.4 Å². The lowest BCUT2D eigenvalue weighted by molar-refractivity contribution is -0.129. The first-order valence-corrected chi connectivity index (χ1v) is 12.0. The van der Waals surface area contributed by atoms with Gasteiger partial charge in [0.2, 0.25) is 11.8 Å². The van der Waals surface area contributed by atoms with E-state index in [9.17, 15) is 13.8 Å². The molecule has 0 saturated carbocycles. The van der Waals surface area contributed by atoms with E-state index in [1.54, 1.807) is 4.90 Å². The number of nitrogens with zero attached hydrogens (tertiary/aromatic N) is 1. The Morgan fingerprint density at radius 2 is 1.77 bits per heavy atom. The zero-order chi connectivity index (χ0) is 22.1. The van der Waals surface area contributed by atoms with E-state index >= 15 is 0 Å². The molecule has 31 heavy (non-hydrogen) atoms. The zero-order valence-corrected chi connectivity index (χ0v) is 18.7. The molecule has 0 radical (unpaired) electrons. The van der Waals surface area contributed by atoms with Gasteiger partial charge in [-0.3, -0.25) is 13.8 Å². The molecule has 1 unspecified atom stereocenters. The van der Waals surface area contributed by atoms with Crippen LogP contribution in [0.25, 0.3) is 0 Å². The fourth-order valence-electron chi connectivity index (χ4n) is 3.57. The van der Waals surface area contributed by atoms with Crippen molar-refractivity contribution in [2.75, 3.05) is 25.1 Å². The van der Waals surface area contributed by atoms with Crippen molar-refractivity contribution in [2.24, 2.45) is 0 Å². The van der Waals surface area contributed by atoms with E-state index in [2.05, 4.69) is 5.32 Å². The van der Waals surface area contributed by atoms with Gasteiger partial charge in [-0.15, -0.1) is 0 Å². The van der Waals surface area contributed by atoms with Crippen molar-refractivity contribution in [2.45, 2.75) is 43.7 Å². The minimum atomic E-state index is -0.950. The average molecular weight is 443 g/mol. The van der Waals surface area contributed by atoms with Crippen LogP contribution >= 0.6 is 0 Å². The number of anilines is 1. The summed E-state index contributed by atoms with van der Waals surface area (Å²) >= 11 is 0. The van der Waals surface area contributed by atoms with Crippen LogP contribution in [0.2, 0.25) is 0 Å². The van der Waals surface area contributed by atoms with Gasteiger partial charge in [0.05, 0.1) is 0 Å². The second-order valence-corrected chi connectivity index (χ2v) is 9.48. The van der Waals surface area contributed by atoms with Crippen LogP contribution in [0.4, 0.5) is 5.69 Å². The van der Waals surface area contributed by atoms with E-state index in [4.69, 9.17) is 4.74 Å². The van der Waals surface area contributed by atoms with Gasteiger partial charge in [0.1, 0.15) is 0 Å². The maximum absolute atomic E-state index is 12.6. The molecule has 1 aliphatic heterocycles. The van der Waals surface area contributed by atoms with Crippen molar-refractivity contribution in [3.8, 4) is 0 Å². The number of carbonyl (C=O) groups excluding carboxylic acids is 2. The largest absolute Gasteiger partial charge is 0.381 e. The van der Waals surface area contributed by atoms with Crippen LogP contribution in [0.1, 0.15) is 37.3 Å². The molecule has 0 spiro atoms. The number of ether oxygens (including phenoxy) is 1. The summed E-state index contributed by atoms with van der Waals surface area (Å²) in [6.45, 7) is 3.70. The van der Waals surface area contributed by atoms with Crippen molar-refractivity contribution >= 4 is 28.3 Å².